The molecular weight excluding hydrogens is 354 g/mol. The van der Waals surface area contributed by atoms with E-state index in [-0.39, 0.29) is 24.9 Å². The SMILES string of the molecule is CN(CC1CCCCC1)C(=O)CN1CCCC(N(C)CC(=O)O)CC1.Cl. The fourth-order valence-electron chi connectivity index (χ4n) is 4.25. The Morgan fingerprint density at radius 1 is 1.00 bits per heavy atom. The number of hydrogen-bond donors (Lipinski definition) is 1. The monoisotopic (exact) mass is 389 g/mol. The quantitative estimate of drug-likeness (QED) is 0.723. The second kappa shape index (κ2) is 11.8. The Balaban J connectivity index is 0.00000338. The van der Waals surface area contributed by atoms with E-state index in [4.69, 9.17) is 5.11 Å². The topological polar surface area (TPSA) is 64.1 Å². The standard InChI is InChI=1S/C19H35N3O3.ClH/c1-20(15-19(24)25)17-9-6-11-22(12-10-17)14-18(23)21(2)13-16-7-4-3-5-8-16;/h16-17H,3-15H2,1-2H3,(H,24,25);1H. The minimum absolute atomic E-state index is 0. The molecule has 6 nitrogen and oxygen atoms in total. The zero-order chi connectivity index (χ0) is 18.2. The molecule has 1 N–H and O–H groups in total. The molecule has 0 spiro atoms. The number of carboxylic acids is 1. The lowest BCUT2D eigenvalue weighted by atomic mass is 9.89. The molecule has 2 fully saturated rings. The zero-order valence-corrected chi connectivity index (χ0v) is 17.2. The van der Waals surface area contributed by atoms with Crippen molar-refractivity contribution in [2.45, 2.75) is 57.4 Å². The highest BCUT2D eigenvalue weighted by Gasteiger charge is 2.24. The van der Waals surface area contributed by atoms with Gasteiger partial charge in [0.05, 0.1) is 13.1 Å². The number of likely N-dealkylation sites (tertiary alicyclic amines) is 1. The molecule has 0 aromatic carbocycles. The van der Waals surface area contributed by atoms with E-state index in [2.05, 4.69) is 4.90 Å². The molecule has 0 aromatic heterocycles. The highest BCUT2D eigenvalue weighted by molar-refractivity contribution is 5.85. The van der Waals surface area contributed by atoms with E-state index in [9.17, 15) is 9.59 Å². The van der Waals surface area contributed by atoms with Crippen molar-refractivity contribution in [3.05, 3.63) is 0 Å². The third kappa shape index (κ3) is 7.80. The Kier molecular flexibility index (Phi) is 10.5. The molecule has 1 saturated carbocycles. The van der Waals surface area contributed by atoms with E-state index in [0.29, 0.717) is 18.5 Å². The van der Waals surface area contributed by atoms with Crippen LogP contribution < -0.4 is 0 Å². The van der Waals surface area contributed by atoms with E-state index in [1.54, 1.807) is 0 Å². The van der Waals surface area contributed by atoms with E-state index < -0.39 is 5.97 Å². The van der Waals surface area contributed by atoms with Crippen molar-refractivity contribution in [3.63, 3.8) is 0 Å². The predicted molar refractivity (Wildman–Crippen MR) is 106 cm³/mol. The van der Waals surface area contributed by atoms with Gasteiger partial charge in [0.25, 0.3) is 0 Å². The first-order valence-corrected chi connectivity index (χ1v) is 9.84. The number of likely N-dealkylation sites (N-methyl/N-ethyl adjacent to an activating group) is 2. The van der Waals surface area contributed by atoms with Crippen LogP contribution in [-0.4, -0.2) is 84.5 Å². The van der Waals surface area contributed by atoms with Crippen LogP contribution in [0, 0.1) is 5.92 Å². The van der Waals surface area contributed by atoms with Crippen LogP contribution >= 0.6 is 12.4 Å². The van der Waals surface area contributed by atoms with Crippen LogP contribution in [0.5, 0.6) is 0 Å². The summed E-state index contributed by atoms with van der Waals surface area (Å²) >= 11 is 0. The van der Waals surface area contributed by atoms with Gasteiger partial charge < -0.3 is 10.0 Å². The van der Waals surface area contributed by atoms with Gasteiger partial charge in [-0.05, 0) is 51.6 Å². The summed E-state index contributed by atoms with van der Waals surface area (Å²) in [7, 11) is 3.83. The third-order valence-electron chi connectivity index (χ3n) is 5.84. The molecule has 7 heteroatoms. The molecule has 2 rings (SSSR count). The number of nitrogens with zero attached hydrogens (tertiary/aromatic N) is 3. The van der Waals surface area contributed by atoms with E-state index in [0.717, 1.165) is 38.9 Å². The Labute approximate surface area is 164 Å². The lowest BCUT2D eigenvalue weighted by molar-refractivity contribution is -0.138. The molecule has 1 amide bonds. The highest BCUT2D eigenvalue weighted by Crippen LogP contribution is 2.24. The summed E-state index contributed by atoms with van der Waals surface area (Å²) < 4.78 is 0. The molecule has 26 heavy (non-hydrogen) atoms. The first-order valence-electron chi connectivity index (χ1n) is 9.84. The maximum absolute atomic E-state index is 12.6. The van der Waals surface area contributed by atoms with Crippen molar-refractivity contribution in [2.24, 2.45) is 5.92 Å². The summed E-state index contributed by atoms with van der Waals surface area (Å²) in [6, 6.07) is 0.302. The lowest BCUT2D eigenvalue weighted by Crippen LogP contribution is -2.41. The Morgan fingerprint density at radius 2 is 1.69 bits per heavy atom. The average molecular weight is 390 g/mol. The number of amides is 1. The lowest BCUT2D eigenvalue weighted by Gasteiger charge is -2.29. The smallest absolute Gasteiger partial charge is 0.317 e. The molecule has 1 aliphatic carbocycles. The summed E-state index contributed by atoms with van der Waals surface area (Å²) in [5.41, 5.74) is 0. The summed E-state index contributed by atoms with van der Waals surface area (Å²) in [6.07, 6.45) is 9.45. The van der Waals surface area contributed by atoms with Gasteiger partial charge in [-0.1, -0.05) is 19.3 Å². The van der Waals surface area contributed by atoms with Gasteiger partial charge in [-0.15, -0.1) is 12.4 Å². The number of aliphatic carboxylic acids is 1. The first kappa shape index (κ1) is 23.2. The fraction of sp³-hybridized carbons (Fsp3) is 0.895. The van der Waals surface area contributed by atoms with Crippen molar-refractivity contribution in [1.82, 2.24) is 14.7 Å². The van der Waals surface area contributed by atoms with Crippen LogP contribution in [0.1, 0.15) is 51.4 Å². The van der Waals surface area contributed by atoms with Crippen LogP contribution in [0.3, 0.4) is 0 Å². The summed E-state index contributed by atoms with van der Waals surface area (Å²) in [5, 5.41) is 8.95. The average Bonchev–Trinajstić information content (AvgIpc) is 2.80. The molecule has 1 aliphatic heterocycles. The molecule has 2 aliphatic rings. The largest absolute Gasteiger partial charge is 0.480 e. The molecular formula is C19H36ClN3O3. The van der Waals surface area contributed by atoms with Crippen molar-refractivity contribution in [3.8, 4) is 0 Å². The van der Waals surface area contributed by atoms with Gasteiger partial charge >= 0.3 is 5.97 Å². The van der Waals surface area contributed by atoms with Gasteiger partial charge in [0.15, 0.2) is 0 Å². The number of rotatable bonds is 7. The van der Waals surface area contributed by atoms with Gasteiger partial charge in [-0.2, -0.15) is 0 Å². The zero-order valence-electron chi connectivity index (χ0n) is 16.4. The molecule has 0 bridgehead atoms. The molecule has 0 aromatic rings. The highest BCUT2D eigenvalue weighted by atomic mass is 35.5. The van der Waals surface area contributed by atoms with Crippen LogP contribution in [0.4, 0.5) is 0 Å². The predicted octanol–water partition coefficient (Wildman–Crippen LogP) is 2.32. The van der Waals surface area contributed by atoms with Crippen molar-refractivity contribution in [2.75, 3.05) is 46.8 Å². The van der Waals surface area contributed by atoms with Crippen LogP contribution in [0.15, 0.2) is 0 Å². The van der Waals surface area contributed by atoms with Crippen LogP contribution in [0.25, 0.3) is 0 Å². The minimum atomic E-state index is -0.775. The maximum Gasteiger partial charge on any atom is 0.317 e. The second-order valence-electron chi connectivity index (χ2n) is 7.95. The third-order valence-corrected chi connectivity index (χ3v) is 5.84. The number of halogens is 1. The Morgan fingerprint density at radius 3 is 2.35 bits per heavy atom. The number of carbonyl (C=O) groups is 2. The second-order valence-corrected chi connectivity index (χ2v) is 7.95. The van der Waals surface area contributed by atoms with Crippen molar-refractivity contribution >= 4 is 24.3 Å². The summed E-state index contributed by atoms with van der Waals surface area (Å²) in [4.78, 5) is 29.5. The fourth-order valence-corrected chi connectivity index (χ4v) is 4.25. The van der Waals surface area contributed by atoms with Gasteiger partial charge in [0.1, 0.15) is 0 Å². The van der Waals surface area contributed by atoms with E-state index in [1.165, 1.54) is 32.1 Å². The molecule has 152 valence electrons. The minimum Gasteiger partial charge on any atom is -0.480 e. The maximum atomic E-state index is 12.6. The van der Waals surface area contributed by atoms with Crippen molar-refractivity contribution in [1.29, 1.82) is 0 Å². The molecule has 1 saturated heterocycles. The summed E-state index contributed by atoms with van der Waals surface area (Å²) in [6.45, 7) is 3.29. The van der Waals surface area contributed by atoms with Crippen LogP contribution in [-0.2, 0) is 9.59 Å². The van der Waals surface area contributed by atoms with Gasteiger partial charge in [-0.3, -0.25) is 19.4 Å². The van der Waals surface area contributed by atoms with E-state index in [1.807, 2.05) is 23.9 Å². The molecule has 0 radical (unpaired) electrons. The van der Waals surface area contributed by atoms with Gasteiger partial charge in [0.2, 0.25) is 5.91 Å². The summed E-state index contributed by atoms with van der Waals surface area (Å²) in [5.74, 6) is 0.131. The molecule has 1 heterocycles. The number of carbonyl (C=O) groups excluding carboxylic acids is 1. The Hall–Kier alpha value is -0.850. The van der Waals surface area contributed by atoms with Gasteiger partial charge in [-0.25, -0.2) is 0 Å². The Bertz CT molecular complexity index is 444. The molecule has 1 unspecified atom stereocenters. The van der Waals surface area contributed by atoms with E-state index >= 15 is 0 Å². The number of hydrogen-bond acceptors (Lipinski definition) is 4. The van der Waals surface area contributed by atoms with Crippen LogP contribution in [0.2, 0.25) is 0 Å². The first-order chi connectivity index (χ1) is 12.0. The number of carboxylic acid groups (broad SMARTS) is 1. The van der Waals surface area contributed by atoms with Gasteiger partial charge in [0, 0.05) is 26.2 Å². The van der Waals surface area contributed by atoms with Crippen molar-refractivity contribution < 1.29 is 14.7 Å². The molecule has 1 atom stereocenters. The normalized spacial score (nSPS) is 22.5.